The lowest BCUT2D eigenvalue weighted by Crippen LogP contribution is -2.37. The number of halogens is 1. The zero-order valence-corrected chi connectivity index (χ0v) is 11.9. The smallest absolute Gasteiger partial charge is 0.129 e. The van der Waals surface area contributed by atoms with Crippen molar-refractivity contribution < 1.29 is 9.13 Å². The SMILES string of the molecule is Cc1ccc(OC(C)CNC2CCCCC2)cc1F. The Labute approximate surface area is 115 Å². The Morgan fingerprint density at radius 2 is 2.05 bits per heavy atom. The third-order valence-corrected chi connectivity index (χ3v) is 3.78. The van der Waals surface area contributed by atoms with E-state index < -0.39 is 0 Å². The minimum atomic E-state index is -0.204. The van der Waals surface area contributed by atoms with Gasteiger partial charge in [0.1, 0.15) is 17.7 Å². The summed E-state index contributed by atoms with van der Waals surface area (Å²) >= 11 is 0. The molecule has 0 bridgehead atoms. The van der Waals surface area contributed by atoms with Crippen LogP contribution in [0.4, 0.5) is 4.39 Å². The summed E-state index contributed by atoms with van der Waals surface area (Å²) in [5, 5.41) is 3.55. The Bertz CT molecular complexity index is 402. The van der Waals surface area contributed by atoms with Crippen molar-refractivity contribution in [3.63, 3.8) is 0 Å². The molecule has 1 aromatic carbocycles. The topological polar surface area (TPSA) is 21.3 Å². The van der Waals surface area contributed by atoms with Crippen LogP contribution in [-0.2, 0) is 0 Å². The van der Waals surface area contributed by atoms with Crippen molar-refractivity contribution in [3.05, 3.63) is 29.6 Å². The first-order valence-electron chi connectivity index (χ1n) is 7.31. The van der Waals surface area contributed by atoms with Crippen LogP contribution in [-0.4, -0.2) is 18.7 Å². The molecule has 2 rings (SSSR count). The van der Waals surface area contributed by atoms with E-state index >= 15 is 0 Å². The monoisotopic (exact) mass is 265 g/mol. The number of rotatable bonds is 5. The van der Waals surface area contributed by atoms with Crippen LogP contribution >= 0.6 is 0 Å². The number of hydrogen-bond donors (Lipinski definition) is 1. The summed E-state index contributed by atoms with van der Waals surface area (Å²) in [5.74, 6) is 0.408. The van der Waals surface area contributed by atoms with Gasteiger partial charge in [0.25, 0.3) is 0 Å². The Morgan fingerprint density at radius 1 is 1.32 bits per heavy atom. The maximum Gasteiger partial charge on any atom is 0.129 e. The van der Waals surface area contributed by atoms with Gasteiger partial charge in [-0.3, -0.25) is 0 Å². The second-order valence-corrected chi connectivity index (χ2v) is 5.58. The standard InChI is InChI=1S/C16H24FNO/c1-12-8-9-15(10-16(12)17)19-13(2)11-18-14-6-4-3-5-7-14/h8-10,13-14,18H,3-7,11H2,1-2H3. The minimum absolute atomic E-state index is 0.0593. The molecular weight excluding hydrogens is 241 g/mol. The van der Waals surface area contributed by atoms with Crippen LogP contribution in [0.25, 0.3) is 0 Å². The number of hydrogen-bond acceptors (Lipinski definition) is 2. The van der Waals surface area contributed by atoms with Crippen LogP contribution in [0.3, 0.4) is 0 Å². The molecule has 0 heterocycles. The van der Waals surface area contributed by atoms with Gasteiger partial charge in [-0.1, -0.05) is 25.3 Å². The molecule has 1 aliphatic carbocycles. The summed E-state index contributed by atoms with van der Waals surface area (Å²) < 4.78 is 19.1. The van der Waals surface area contributed by atoms with Gasteiger partial charge in [-0.15, -0.1) is 0 Å². The highest BCUT2D eigenvalue weighted by atomic mass is 19.1. The Hall–Kier alpha value is -1.09. The predicted octanol–water partition coefficient (Wildman–Crippen LogP) is 3.82. The average molecular weight is 265 g/mol. The first-order valence-corrected chi connectivity index (χ1v) is 7.31. The molecule has 3 heteroatoms. The summed E-state index contributed by atoms with van der Waals surface area (Å²) in [7, 11) is 0. The molecular formula is C16H24FNO. The van der Waals surface area contributed by atoms with Gasteiger partial charge in [0, 0.05) is 18.7 Å². The van der Waals surface area contributed by atoms with Gasteiger partial charge < -0.3 is 10.1 Å². The van der Waals surface area contributed by atoms with Crippen LogP contribution in [0.15, 0.2) is 18.2 Å². The van der Waals surface area contributed by atoms with Crippen molar-refractivity contribution in [1.82, 2.24) is 5.32 Å². The van der Waals surface area contributed by atoms with E-state index in [9.17, 15) is 4.39 Å². The molecule has 1 aromatic rings. The van der Waals surface area contributed by atoms with Gasteiger partial charge >= 0.3 is 0 Å². The number of benzene rings is 1. The zero-order chi connectivity index (χ0) is 13.7. The third kappa shape index (κ3) is 4.50. The molecule has 1 N–H and O–H groups in total. The first kappa shape index (κ1) is 14.3. The van der Waals surface area contributed by atoms with Gasteiger partial charge in [0.05, 0.1) is 0 Å². The van der Waals surface area contributed by atoms with E-state index in [1.807, 2.05) is 13.0 Å². The van der Waals surface area contributed by atoms with Crippen LogP contribution in [0.5, 0.6) is 5.75 Å². The zero-order valence-electron chi connectivity index (χ0n) is 11.9. The largest absolute Gasteiger partial charge is 0.489 e. The Morgan fingerprint density at radius 3 is 2.74 bits per heavy atom. The van der Waals surface area contributed by atoms with Crippen LogP contribution in [0.2, 0.25) is 0 Å². The summed E-state index contributed by atoms with van der Waals surface area (Å²) in [5.41, 5.74) is 0.653. The molecule has 1 saturated carbocycles. The fourth-order valence-electron chi connectivity index (χ4n) is 2.56. The second kappa shape index (κ2) is 6.90. The lowest BCUT2D eigenvalue weighted by molar-refractivity contribution is 0.204. The molecule has 0 spiro atoms. The lowest BCUT2D eigenvalue weighted by Gasteiger charge is -2.25. The van der Waals surface area contributed by atoms with E-state index in [0.29, 0.717) is 17.4 Å². The Kier molecular flexibility index (Phi) is 5.20. The van der Waals surface area contributed by atoms with E-state index in [4.69, 9.17) is 4.74 Å². The van der Waals surface area contributed by atoms with Crippen molar-refractivity contribution in [2.75, 3.05) is 6.54 Å². The van der Waals surface area contributed by atoms with Gasteiger partial charge in [0.2, 0.25) is 0 Å². The molecule has 19 heavy (non-hydrogen) atoms. The molecule has 1 atom stereocenters. The molecule has 1 unspecified atom stereocenters. The fourth-order valence-corrected chi connectivity index (χ4v) is 2.56. The van der Waals surface area contributed by atoms with E-state index in [-0.39, 0.29) is 11.9 Å². The molecule has 2 nitrogen and oxygen atoms in total. The van der Waals surface area contributed by atoms with Crippen molar-refractivity contribution in [3.8, 4) is 5.75 Å². The van der Waals surface area contributed by atoms with Gasteiger partial charge in [0.15, 0.2) is 0 Å². The van der Waals surface area contributed by atoms with Crippen LogP contribution in [0, 0.1) is 12.7 Å². The van der Waals surface area contributed by atoms with Crippen LogP contribution < -0.4 is 10.1 Å². The third-order valence-electron chi connectivity index (χ3n) is 3.78. The highest BCUT2D eigenvalue weighted by molar-refractivity contribution is 5.28. The van der Waals surface area contributed by atoms with Crippen molar-refractivity contribution in [2.45, 2.75) is 58.1 Å². The van der Waals surface area contributed by atoms with Crippen molar-refractivity contribution >= 4 is 0 Å². The average Bonchev–Trinajstić information content (AvgIpc) is 2.42. The normalized spacial score (nSPS) is 18.3. The van der Waals surface area contributed by atoms with Gasteiger partial charge in [-0.25, -0.2) is 4.39 Å². The molecule has 0 aliphatic heterocycles. The van der Waals surface area contributed by atoms with Gasteiger partial charge in [-0.05, 0) is 38.3 Å². The molecule has 1 aliphatic rings. The summed E-state index contributed by atoms with van der Waals surface area (Å²) in [6, 6.07) is 5.68. The summed E-state index contributed by atoms with van der Waals surface area (Å²) in [6.45, 7) is 4.60. The highest BCUT2D eigenvalue weighted by Gasteiger charge is 2.14. The van der Waals surface area contributed by atoms with Gasteiger partial charge in [-0.2, -0.15) is 0 Å². The van der Waals surface area contributed by atoms with Crippen molar-refractivity contribution in [2.24, 2.45) is 0 Å². The Balaban J connectivity index is 1.76. The minimum Gasteiger partial charge on any atom is -0.489 e. The van der Waals surface area contributed by atoms with E-state index in [1.165, 1.54) is 38.2 Å². The molecule has 0 saturated heterocycles. The van der Waals surface area contributed by atoms with Crippen molar-refractivity contribution in [1.29, 1.82) is 0 Å². The maximum atomic E-state index is 13.4. The fraction of sp³-hybridized carbons (Fsp3) is 0.625. The molecule has 1 fully saturated rings. The number of nitrogens with one attached hydrogen (secondary N) is 1. The summed E-state index contributed by atoms with van der Waals surface area (Å²) in [6.07, 6.45) is 6.63. The summed E-state index contributed by atoms with van der Waals surface area (Å²) in [4.78, 5) is 0. The highest BCUT2D eigenvalue weighted by Crippen LogP contribution is 2.19. The lowest BCUT2D eigenvalue weighted by atomic mass is 9.95. The second-order valence-electron chi connectivity index (χ2n) is 5.58. The quantitative estimate of drug-likeness (QED) is 0.873. The van der Waals surface area contributed by atoms with E-state index in [2.05, 4.69) is 5.32 Å². The molecule has 0 amide bonds. The maximum absolute atomic E-state index is 13.4. The number of aryl methyl sites for hydroxylation is 1. The van der Waals surface area contributed by atoms with E-state index in [1.54, 1.807) is 13.0 Å². The molecule has 0 aromatic heterocycles. The molecule has 106 valence electrons. The first-order chi connectivity index (χ1) is 9.15. The molecule has 0 radical (unpaired) electrons. The van der Waals surface area contributed by atoms with Crippen LogP contribution in [0.1, 0.15) is 44.6 Å². The number of ether oxygens (including phenoxy) is 1. The predicted molar refractivity (Wildman–Crippen MR) is 76.1 cm³/mol. The van der Waals surface area contributed by atoms with E-state index in [0.717, 1.165) is 6.54 Å².